The highest BCUT2D eigenvalue weighted by Gasteiger charge is 2.38. The lowest BCUT2D eigenvalue weighted by Gasteiger charge is -2.26. The van der Waals surface area contributed by atoms with Gasteiger partial charge < -0.3 is 20.8 Å². The first kappa shape index (κ1) is 14.9. The minimum absolute atomic E-state index is 0.00220. The SMILES string of the molecule is CC1CC1C(=O)NCCC(=O)NC(C)(CO)CO. The molecule has 104 valence electrons. The molecule has 0 saturated heterocycles. The summed E-state index contributed by atoms with van der Waals surface area (Å²) in [6.45, 7) is 3.18. The first-order valence-electron chi connectivity index (χ1n) is 6.22. The molecule has 6 nitrogen and oxygen atoms in total. The van der Waals surface area contributed by atoms with E-state index < -0.39 is 5.54 Å². The third kappa shape index (κ3) is 4.27. The number of aliphatic hydroxyl groups is 2. The van der Waals surface area contributed by atoms with Gasteiger partial charge in [0.25, 0.3) is 0 Å². The van der Waals surface area contributed by atoms with E-state index in [1.165, 1.54) is 0 Å². The lowest BCUT2D eigenvalue weighted by molar-refractivity contribution is -0.124. The highest BCUT2D eigenvalue weighted by molar-refractivity contribution is 5.82. The zero-order chi connectivity index (χ0) is 13.8. The Morgan fingerprint density at radius 3 is 2.33 bits per heavy atom. The molecule has 6 heteroatoms. The number of rotatable bonds is 7. The maximum Gasteiger partial charge on any atom is 0.223 e. The summed E-state index contributed by atoms with van der Waals surface area (Å²) in [7, 11) is 0. The van der Waals surface area contributed by atoms with Crippen LogP contribution in [0.5, 0.6) is 0 Å². The molecule has 4 N–H and O–H groups in total. The number of aliphatic hydroxyl groups excluding tert-OH is 2. The second kappa shape index (κ2) is 6.15. The van der Waals surface area contributed by atoms with Crippen molar-refractivity contribution in [2.24, 2.45) is 11.8 Å². The van der Waals surface area contributed by atoms with Crippen molar-refractivity contribution in [3.8, 4) is 0 Å². The van der Waals surface area contributed by atoms with Crippen molar-refractivity contribution in [2.45, 2.75) is 32.2 Å². The maximum absolute atomic E-state index is 11.5. The quantitative estimate of drug-likeness (QED) is 0.471. The lowest BCUT2D eigenvalue weighted by atomic mass is 10.1. The zero-order valence-electron chi connectivity index (χ0n) is 10.9. The summed E-state index contributed by atoms with van der Waals surface area (Å²) in [6, 6.07) is 0. The van der Waals surface area contributed by atoms with Gasteiger partial charge in [-0.2, -0.15) is 0 Å². The molecule has 0 aromatic heterocycles. The zero-order valence-corrected chi connectivity index (χ0v) is 10.9. The fourth-order valence-electron chi connectivity index (χ4n) is 1.65. The molecule has 0 spiro atoms. The van der Waals surface area contributed by atoms with Crippen LogP contribution in [0.4, 0.5) is 0 Å². The maximum atomic E-state index is 11.5. The van der Waals surface area contributed by atoms with Gasteiger partial charge in [-0.25, -0.2) is 0 Å². The molecule has 0 heterocycles. The smallest absolute Gasteiger partial charge is 0.223 e. The van der Waals surface area contributed by atoms with Gasteiger partial charge in [0.1, 0.15) is 0 Å². The van der Waals surface area contributed by atoms with Crippen LogP contribution >= 0.6 is 0 Å². The van der Waals surface area contributed by atoms with Crippen LogP contribution in [0, 0.1) is 11.8 Å². The summed E-state index contributed by atoms with van der Waals surface area (Å²) >= 11 is 0. The van der Waals surface area contributed by atoms with Gasteiger partial charge in [-0.3, -0.25) is 9.59 Å². The molecule has 18 heavy (non-hydrogen) atoms. The second-order valence-corrected chi connectivity index (χ2v) is 5.29. The van der Waals surface area contributed by atoms with E-state index in [2.05, 4.69) is 10.6 Å². The van der Waals surface area contributed by atoms with Crippen LogP contribution in [-0.2, 0) is 9.59 Å². The molecule has 1 fully saturated rings. The highest BCUT2D eigenvalue weighted by Crippen LogP contribution is 2.37. The van der Waals surface area contributed by atoms with E-state index in [1.54, 1.807) is 6.92 Å². The topological polar surface area (TPSA) is 98.7 Å². The number of carbonyl (C=O) groups excluding carboxylic acids is 2. The van der Waals surface area contributed by atoms with E-state index in [9.17, 15) is 9.59 Å². The van der Waals surface area contributed by atoms with Gasteiger partial charge in [0.05, 0.1) is 18.8 Å². The van der Waals surface area contributed by atoms with Gasteiger partial charge in [-0.15, -0.1) is 0 Å². The molecular weight excluding hydrogens is 236 g/mol. The van der Waals surface area contributed by atoms with Gasteiger partial charge in [0, 0.05) is 18.9 Å². The molecule has 0 aromatic rings. The number of hydrogen-bond acceptors (Lipinski definition) is 4. The third-order valence-electron chi connectivity index (χ3n) is 3.24. The number of amides is 2. The van der Waals surface area contributed by atoms with Crippen molar-refractivity contribution in [1.29, 1.82) is 0 Å². The van der Waals surface area contributed by atoms with Crippen LogP contribution in [0.2, 0.25) is 0 Å². The van der Waals surface area contributed by atoms with E-state index in [4.69, 9.17) is 10.2 Å². The van der Waals surface area contributed by atoms with Crippen molar-refractivity contribution >= 4 is 11.8 Å². The van der Waals surface area contributed by atoms with Crippen molar-refractivity contribution < 1.29 is 19.8 Å². The molecule has 2 unspecified atom stereocenters. The molecule has 2 amide bonds. The fourth-order valence-corrected chi connectivity index (χ4v) is 1.65. The Hall–Kier alpha value is -1.14. The molecule has 1 aliphatic rings. The normalized spacial score (nSPS) is 22.4. The monoisotopic (exact) mass is 258 g/mol. The largest absolute Gasteiger partial charge is 0.394 e. The van der Waals surface area contributed by atoms with E-state index in [1.807, 2.05) is 6.92 Å². The Morgan fingerprint density at radius 2 is 1.89 bits per heavy atom. The van der Waals surface area contributed by atoms with E-state index in [-0.39, 0.29) is 43.9 Å². The summed E-state index contributed by atoms with van der Waals surface area (Å²) in [5.74, 6) is 0.256. The van der Waals surface area contributed by atoms with Gasteiger partial charge in [0.15, 0.2) is 0 Å². The molecule has 1 saturated carbocycles. The number of hydrogen-bond donors (Lipinski definition) is 4. The van der Waals surface area contributed by atoms with Crippen LogP contribution in [0.3, 0.4) is 0 Å². The Labute approximate surface area is 107 Å². The first-order chi connectivity index (χ1) is 8.41. The molecule has 1 aliphatic carbocycles. The predicted molar refractivity (Wildman–Crippen MR) is 65.6 cm³/mol. The molecule has 1 rings (SSSR count). The van der Waals surface area contributed by atoms with E-state index in [0.29, 0.717) is 5.92 Å². The second-order valence-electron chi connectivity index (χ2n) is 5.29. The van der Waals surface area contributed by atoms with Crippen molar-refractivity contribution in [3.63, 3.8) is 0 Å². The van der Waals surface area contributed by atoms with Crippen LogP contribution < -0.4 is 10.6 Å². The average molecular weight is 258 g/mol. The van der Waals surface area contributed by atoms with Crippen molar-refractivity contribution in [2.75, 3.05) is 19.8 Å². The summed E-state index contributed by atoms with van der Waals surface area (Å²) in [5, 5.41) is 23.3. The number of carbonyl (C=O) groups is 2. The van der Waals surface area contributed by atoms with E-state index in [0.717, 1.165) is 6.42 Å². The van der Waals surface area contributed by atoms with Crippen LogP contribution in [0.1, 0.15) is 26.7 Å². The molecule has 0 aromatic carbocycles. The minimum atomic E-state index is -1.01. The minimum Gasteiger partial charge on any atom is -0.394 e. The Morgan fingerprint density at radius 1 is 1.33 bits per heavy atom. The summed E-state index contributed by atoms with van der Waals surface area (Å²) in [5.41, 5.74) is -1.01. The highest BCUT2D eigenvalue weighted by atomic mass is 16.3. The summed E-state index contributed by atoms with van der Waals surface area (Å²) in [4.78, 5) is 23.0. The molecular formula is C12H22N2O4. The third-order valence-corrected chi connectivity index (χ3v) is 3.24. The van der Waals surface area contributed by atoms with Crippen molar-refractivity contribution in [3.05, 3.63) is 0 Å². The van der Waals surface area contributed by atoms with Crippen molar-refractivity contribution in [1.82, 2.24) is 10.6 Å². The standard InChI is InChI=1S/C12H22N2O4/c1-8-5-9(8)11(18)13-4-3-10(17)14-12(2,6-15)7-16/h8-9,15-16H,3-7H2,1-2H3,(H,13,18)(H,14,17). The predicted octanol–water partition coefficient (Wildman–Crippen LogP) is -0.992. The molecule has 0 radical (unpaired) electrons. The van der Waals surface area contributed by atoms with Crippen LogP contribution in [-0.4, -0.2) is 47.3 Å². The first-order valence-corrected chi connectivity index (χ1v) is 6.22. The Balaban J connectivity index is 2.19. The summed E-state index contributed by atoms with van der Waals surface area (Å²) < 4.78 is 0. The fraction of sp³-hybridized carbons (Fsp3) is 0.833. The molecule has 2 atom stereocenters. The average Bonchev–Trinajstić information content (AvgIpc) is 3.06. The number of nitrogens with one attached hydrogen (secondary N) is 2. The van der Waals surface area contributed by atoms with Gasteiger partial charge in [0.2, 0.25) is 11.8 Å². The summed E-state index contributed by atoms with van der Waals surface area (Å²) in [6.07, 6.45) is 1.06. The van der Waals surface area contributed by atoms with Gasteiger partial charge in [-0.1, -0.05) is 6.92 Å². The van der Waals surface area contributed by atoms with Gasteiger partial charge in [-0.05, 0) is 19.3 Å². The van der Waals surface area contributed by atoms with Crippen LogP contribution in [0.15, 0.2) is 0 Å². The Kier molecular flexibility index (Phi) is 5.10. The van der Waals surface area contributed by atoms with Gasteiger partial charge >= 0.3 is 0 Å². The van der Waals surface area contributed by atoms with Crippen LogP contribution in [0.25, 0.3) is 0 Å². The molecule has 0 aliphatic heterocycles. The molecule has 0 bridgehead atoms. The Bertz CT molecular complexity index is 315. The van der Waals surface area contributed by atoms with E-state index >= 15 is 0 Å². The lowest BCUT2D eigenvalue weighted by Crippen LogP contribution is -2.52.